The molecule has 2 bridgehead atoms. The van der Waals surface area contributed by atoms with Crippen LogP contribution in [0.1, 0.15) is 37.7 Å². The van der Waals surface area contributed by atoms with Gasteiger partial charge < -0.3 is 4.84 Å². The van der Waals surface area contributed by atoms with E-state index in [0.717, 1.165) is 11.4 Å². The molecule has 0 saturated carbocycles. The summed E-state index contributed by atoms with van der Waals surface area (Å²) in [6, 6.07) is 5.25. The Morgan fingerprint density at radius 1 is 1.25 bits per heavy atom. The van der Waals surface area contributed by atoms with E-state index in [2.05, 4.69) is 10.0 Å². The Bertz CT molecular complexity index is 364. The molecule has 2 saturated heterocycles. The van der Waals surface area contributed by atoms with Gasteiger partial charge in [-0.1, -0.05) is 12.5 Å². The second kappa shape index (κ2) is 4.06. The Labute approximate surface area is 96.4 Å². The van der Waals surface area contributed by atoms with Crippen molar-refractivity contribution in [3.05, 3.63) is 23.9 Å². The molecule has 0 radical (unpaired) electrons. The molecule has 86 valence electrons. The normalized spacial score (nSPS) is 29.3. The first-order chi connectivity index (χ1) is 7.84. The van der Waals surface area contributed by atoms with Gasteiger partial charge in [-0.3, -0.25) is 0 Å². The molecule has 0 spiro atoms. The van der Waals surface area contributed by atoms with E-state index in [1.165, 1.54) is 32.1 Å². The van der Waals surface area contributed by atoms with Crippen LogP contribution in [0.5, 0.6) is 5.88 Å². The molecule has 0 amide bonds. The van der Waals surface area contributed by atoms with Gasteiger partial charge in [0.1, 0.15) is 0 Å². The molecule has 2 fully saturated rings. The van der Waals surface area contributed by atoms with Gasteiger partial charge in [-0.2, -0.15) is 0 Å². The zero-order chi connectivity index (χ0) is 11.0. The van der Waals surface area contributed by atoms with Gasteiger partial charge in [-0.15, -0.1) is 5.06 Å². The first-order valence-corrected chi connectivity index (χ1v) is 6.22. The van der Waals surface area contributed by atoms with Crippen LogP contribution >= 0.6 is 0 Å². The SMILES string of the molecule is Cc1cccnc1ON1C2CCCC1CC2. The van der Waals surface area contributed by atoms with Crippen LogP contribution in [0.15, 0.2) is 18.3 Å². The summed E-state index contributed by atoms with van der Waals surface area (Å²) in [5.41, 5.74) is 1.12. The van der Waals surface area contributed by atoms with Crippen LogP contribution in [0.25, 0.3) is 0 Å². The lowest BCUT2D eigenvalue weighted by atomic mass is 10.1. The molecule has 3 nitrogen and oxygen atoms in total. The minimum absolute atomic E-state index is 0.625. The van der Waals surface area contributed by atoms with Crippen molar-refractivity contribution >= 4 is 0 Å². The number of hydrogen-bond acceptors (Lipinski definition) is 3. The Morgan fingerprint density at radius 3 is 2.69 bits per heavy atom. The molecule has 2 aliphatic rings. The van der Waals surface area contributed by atoms with Crippen molar-refractivity contribution < 1.29 is 4.84 Å². The molecule has 2 aliphatic heterocycles. The molecule has 3 rings (SSSR count). The van der Waals surface area contributed by atoms with Gasteiger partial charge in [-0.05, 0) is 38.7 Å². The lowest BCUT2D eigenvalue weighted by molar-refractivity contribution is -0.123. The topological polar surface area (TPSA) is 25.4 Å². The van der Waals surface area contributed by atoms with Crippen LogP contribution in [0.3, 0.4) is 0 Å². The van der Waals surface area contributed by atoms with E-state index in [9.17, 15) is 0 Å². The predicted octanol–water partition coefficient (Wildman–Crippen LogP) is 2.70. The highest BCUT2D eigenvalue weighted by Crippen LogP contribution is 2.36. The average Bonchev–Trinajstić information content (AvgIpc) is 2.53. The van der Waals surface area contributed by atoms with Gasteiger partial charge in [-0.25, -0.2) is 4.98 Å². The molecule has 1 aromatic rings. The molecular formula is C13H18N2O. The van der Waals surface area contributed by atoms with E-state index in [1.54, 1.807) is 6.20 Å². The number of nitrogens with zero attached hydrogens (tertiary/aromatic N) is 2. The van der Waals surface area contributed by atoms with Crippen LogP contribution in [-0.4, -0.2) is 22.1 Å². The molecule has 2 unspecified atom stereocenters. The molecule has 0 aliphatic carbocycles. The van der Waals surface area contributed by atoms with Crippen molar-refractivity contribution in [1.82, 2.24) is 10.0 Å². The minimum atomic E-state index is 0.625. The van der Waals surface area contributed by atoms with Gasteiger partial charge in [0.05, 0.1) is 0 Å². The van der Waals surface area contributed by atoms with Crippen LogP contribution in [0.2, 0.25) is 0 Å². The predicted molar refractivity (Wildman–Crippen MR) is 62.1 cm³/mol. The van der Waals surface area contributed by atoms with Crippen molar-refractivity contribution in [2.75, 3.05) is 0 Å². The minimum Gasteiger partial charge on any atom is -0.385 e. The number of rotatable bonds is 2. The van der Waals surface area contributed by atoms with Gasteiger partial charge in [0.15, 0.2) is 0 Å². The zero-order valence-corrected chi connectivity index (χ0v) is 9.72. The molecule has 3 heterocycles. The largest absolute Gasteiger partial charge is 0.385 e. The van der Waals surface area contributed by atoms with E-state index in [0.29, 0.717) is 12.1 Å². The maximum absolute atomic E-state index is 6.00. The fourth-order valence-corrected chi connectivity index (χ4v) is 2.89. The second-order valence-corrected chi connectivity index (χ2v) is 4.89. The van der Waals surface area contributed by atoms with Crippen molar-refractivity contribution in [3.63, 3.8) is 0 Å². The van der Waals surface area contributed by atoms with Crippen molar-refractivity contribution in [2.45, 2.75) is 51.1 Å². The maximum atomic E-state index is 6.00. The quantitative estimate of drug-likeness (QED) is 0.763. The summed E-state index contributed by atoms with van der Waals surface area (Å²) in [6.07, 6.45) is 8.29. The highest BCUT2D eigenvalue weighted by atomic mass is 16.7. The third-order valence-corrected chi connectivity index (χ3v) is 3.78. The molecule has 2 atom stereocenters. The fourth-order valence-electron chi connectivity index (χ4n) is 2.89. The third-order valence-electron chi connectivity index (χ3n) is 3.78. The number of aryl methyl sites for hydroxylation is 1. The average molecular weight is 218 g/mol. The highest BCUT2D eigenvalue weighted by molar-refractivity contribution is 5.23. The van der Waals surface area contributed by atoms with Crippen LogP contribution in [0.4, 0.5) is 0 Å². The Balaban J connectivity index is 1.78. The van der Waals surface area contributed by atoms with E-state index in [1.807, 2.05) is 19.1 Å². The summed E-state index contributed by atoms with van der Waals surface area (Å²) >= 11 is 0. The van der Waals surface area contributed by atoms with Crippen LogP contribution in [-0.2, 0) is 0 Å². The molecule has 16 heavy (non-hydrogen) atoms. The third kappa shape index (κ3) is 1.69. The number of pyridine rings is 1. The lowest BCUT2D eigenvalue weighted by Crippen LogP contribution is -2.42. The highest BCUT2D eigenvalue weighted by Gasteiger charge is 2.38. The van der Waals surface area contributed by atoms with Crippen molar-refractivity contribution in [3.8, 4) is 5.88 Å². The summed E-state index contributed by atoms with van der Waals surface area (Å²) in [4.78, 5) is 10.3. The van der Waals surface area contributed by atoms with Gasteiger partial charge >= 0.3 is 0 Å². The summed E-state index contributed by atoms with van der Waals surface area (Å²) in [7, 11) is 0. The standard InChI is InChI=1S/C13H18N2O/c1-10-4-3-9-14-13(10)16-15-11-5-2-6-12(15)8-7-11/h3-4,9,11-12H,2,5-8H2,1H3. The first kappa shape index (κ1) is 10.1. The Morgan fingerprint density at radius 2 is 2.00 bits per heavy atom. The van der Waals surface area contributed by atoms with E-state index in [4.69, 9.17) is 4.84 Å². The molecular weight excluding hydrogens is 200 g/mol. The summed E-state index contributed by atoms with van der Waals surface area (Å²) in [6.45, 7) is 2.05. The number of hydrogen-bond donors (Lipinski definition) is 0. The van der Waals surface area contributed by atoms with Crippen molar-refractivity contribution in [2.24, 2.45) is 0 Å². The van der Waals surface area contributed by atoms with E-state index < -0.39 is 0 Å². The maximum Gasteiger partial charge on any atom is 0.241 e. The monoisotopic (exact) mass is 218 g/mol. The fraction of sp³-hybridized carbons (Fsp3) is 0.615. The van der Waals surface area contributed by atoms with Crippen molar-refractivity contribution in [1.29, 1.82) is 0 Å². The summed E-state index contributed by atoms with van der Waals surface area (Å²) in [5, 5.41) is 2.21. The Hall–Kier alpha value is -1.09. The second-order valence-electron chi connectivity index (χ2n) is 4.89. The number of piperidine rings is 1. The zero-order valence-electron chi connectivity index (χ0n) is 9.72. The smallest absolute Gasteiger partial charge is 0.241 e. The Kier molecular flexibility index (Phi) is 2.56. The molecule has 0 aromatic carbocycles. The summed E-state index contributed by atoms with van der Waals surface area (Å²) < 4.78 is 0. The summed E-state index contributed by atoms with van der Waals surface area (Å²) in [5.74, 6) is 0.779. The number of hydroxylamine groups is 2. The lowest BCUT2D eigenvalue weighted by Gasteiger charge is -2.33. The van der Waals surface area contributed by atoms with Crippen LogP contribution in [0, 0.1) is 6.92 Å². The van der Waals surface area contributed by atoms with E-state index >= 15 is 0 Å². The molecule has 3 heteroatoms. The number of aromatic nitrogens is 1. The van der Waals surface area contributed by atoms with Gasteiger partial charge in [0.2, 0.25) is 5.88 Å². The molecule has 0 N–H and O–H groups in total. The van der Waals surface area contributed by atoms with Crippen LogP contribution < -0.4 is 4.84 Å². The van der Waals surface area contributed by atoms with Gasteiger partial charge in [0.25, 0.3) is 0 Å². The van der Waals surface area contributed by atoms with E-state index in [-0.39, 0.29) is 0 Å². The van der Waals surface area contributed by atoms with Gasteiger partial charge in [0, 0.05) is 23.8 Å². The first-order valence-electron chi connectivity index (χ1n) is 6.22. The number of fused-ring (bicyclic) bond motifs is 2. The molecule has 1 aromatic heterocycles.